The molecule has 6 nitrogen and oxygen atoms in total. The Kier molecular flexibility index (Phi) is 7.47. The molecule has 0 saturated carbocycles. The molecule has 0 amide bonds. The Morgan fingerprint density at radius 1 is 0.880 bits per heavy atom. The van der Waals surface area contributed by atoms with E-state index in [1.807, 2.05) is 0 Å². The van der Waals surface area contributed by atoms with Crippen LogP contribution in [0.4, 0.5) is 0 Å². The number of aryl methyl sites for hydroxylation is 2. The van der Waals surface area contributed by atoms with Crippen LogP contribution in [-0.2, 0) is 20.6 Å². The molecule has 0 atom stereocenters. The van der Waals surface area contributed by atoms with Gasteiger partial charge in [0.25, 0.3) is 5.56 Å². The molecule has 6 heteroatoms. The fourth-order valence-corrected chi connectivity index (χ4v) is 3.35. The monoisotopic (exact) mass is 348 g/mol. The Labute approximate surface area is 149 Å². The average Bonchev–Trinajstić information content (AvgIpc) is 2.99. The second kappa shape index (κ2) is 9.59. The number of aromatic nitrogens is 4. The van der Waals surface area contributed by atoms with E-state index in [1.54, 1.807) is 25.0 Å². The quantitative estimate of drug-likeness (QED) is 0.585. The molecule has 0 bridgehead atoms. The van der Waals surface area contributed by atoms with Crippen LogP contribution in [0.3, 0.4) is 0 Å². The first-order valence-corrected chi connectivity index (χ1v) is 9.68. The molecule has 25 heavy (non-hydrogen) atoms. The number of imidazole rings is 1. The molecule has 2 rings (SSSR count). The van der Waals surface area contributed by atoms with E-state index in [4.69, 9.17) is 0 Å². The van der Waals surface area contributed by atoms with Crippen molar-refractivity contribution in [2.45, 2.75) is 77.7 Å². The highest BCUT2D eigenvalue weighted by Gasteiger charge is 2.14. The molecule has 0 aromatic carbocycles. The number of hydrogen-bond acceptors (Lipinski definition) is 3. The Morgan fingerprint density at radius 3 is 2.04 bits per heavy atom. The summed E-state index contributed by atoms with van der Waals surface area (Å²) in [4.78, 5) is 29.1. The molecule has 0 saturated heterocycles. The van der Waals surface area contributed by atoms with Crippen LogP contribution in [0, 0.1) is 0 Å². The van der Waals surface area contributed by atoms with Crippen molar-refractivity contribution < 1.29 is 0 Å². The van der Waals surface area contributed by atoms with Gasteiger partial charge in [0.15, 0.2) is 11.2 Å². The van der Waals surface area contributed by atoms with Gasteiger partial charge in [-0.2, -0.15) is 0 Å². The third-order valence-electron chi connectivity index (χ3n) is 4.94. The van der Waals surface area contributed by atoms with Gasteiger partial charge in [0.05, 0.1) is 6.33 Å². The molecule has 140 valence electrons. The summed E-state index contributed by atoms with van der Waals surface area (Å²) in [6.07, 6.45) is 13.9. The zero-order valence-electron chi connectivity index (χ0n) is 16.0. The molecule has 0 unspecified atom stereocenters. The molecule has 2 aromatic heterocycles. The lowest BCUT2D eigenvalue weighted by Crippen LogP contribution is -2.39. The molecule has 0 aliphatic rings. The minimum absolute atomic E-state index is 0.228. The van der Waals surface area contributed by atoms with Crippen LogP contribution in [0.5, 0.6) is 0 Å². The maximum absolute atomic E-state index is 12.6. The van der Waals surface area contributed by atoms with Gasteiger partial charge in [-0.1, -0.05) is 64.7 Å². The van der Waals surface area contributed by atoms with Crippen LogP contribution in [0.25, 0.3) is 11.2 Å². The van der Waals surface area contributed by atoms with Gasteiger partial charge in [0, 0.05) is 20.6 Å². The number of nitrogens with zero attached hydrogens (tertiary/aromatic N) is 4. The number of fused-ring (bicyclic) bond motifs is 1. The van der Waals surface area contributed by atoms with Crippen LogP contribution in [-0.4, -0.2) is 18.7 Å². The van der Waals surface area contributed by atoms with Crippen LogP contribution in [0.2, 0.25) is 0 Å². The SMILES string of the molecule is CCCCCCCCCCCCn1c(=O)c2c(ncn2C)n(C)c1=O. The highest BCUT2D eigenvalue weighted by Crippen LogP contribution is 2.11. The summed E-state index contributed by atoms with van der Waals surface area (Å²) in [5, 5.41) is 0. The van der Waals surface area contributed by atoms with Crippen molar-refractivity contribution in [3.05, 3.63) is 27.2 Å². The summed E-state index contributed by atoms with van der Waals surface area (Å²) in [6, 6.07) is 0. The molecule has 0 N–H and O–H groups in total. The van der Waals surface area contributed by atoms with Crippen molar-refractivity contribution in [3.8, 4) is 0 Å². The minimum atomic E-state index is -0.271. The van der Waals surface area contributed by atoms with Gasteiger partial charge >= 0.3 is 5.69 Å². The second-order valence-corrected chi connectivity index (χ2v) is 7.01. The van der Waals surface area contributed by atoms with Gasteiger partial charge < -0.3 is 4.57 Å². The Balaban J connectivity index is 1.81. The number of unbranched alkanes of at least 4 members (excludes halogenated alkanes) is 9. The Morgan fingerprint density at radius 2 is 1.44 bits per heavy atom. The number of rotatable bonds is 11. The normalized spacial score (nSPS) is 11.5. The molecule has 0 spiro atoms. The van der Waals surface area contributed by atoms with Crippen molar-refractivity contribution in [2.24, 2.45) is 14.1 Å². The van der Waals surface area contributed by atoms with E-state index in [2.05, 4.69) is 11.9 Å². The maximum Gasteiger partial charge on any atom is 0.332 e. The van der Waals surface area contributed by atoms with Crippen LogP contribution < -0.4 is 11.2 Å². The van der Waals surface area contributed by atoms with Gasteiger partial charge in [-0.25, -0.2) is 9.78 Å². The highest BCUT2D eigenvalue weighted by molar-refractivity contribution is 5.69. The molecule has 2 heterocycles. The Hall–Kier alpha value is -1.85. The molecule has 2 aromatic rings. The smallest absolute Gasteiger partial charge is 0.328 e. The van der Waals surface area contributed by atoms with E-state index in [0.29, 0.717) is 17.7 Å². The van der Waals surface area contributed by atoms with Gasteiger partial charge in [0.2, 0.25) is 0 Å². The van der Waals surface area contributed by atoms with Crippen LogP contribution in [0.15, 0.2) is 15.9 Å². The summed E-state index contributed by atoms with van der Waals surface area (Å²) in [5.41, 5.74) is 0.451. The number of hydrogen-bond donors (Lipinski definition) is 0. The van der Waals surface area contributed by atoms with E-state index < -0.39 is 0 Å². The second-order valence-electron chi connectivity index (χ2n) is 7.01. The first-order valence-electron chi connectivity index (χ1n) is 9.68. The summed E-state index contributed by atoms with van der Waals surface area (Å²) >= 11 is 0. The van der Waals surface area contributed by atoms with Crippen LogP contribution in [0.1, 0.15) is 71.1 Å². The van der Waals surface area contributed by atoms with Crippen molar-refractivity contribution in [2.75, 3.05) is 0 Å². The predicted molar refractivity (Wildman–Crippen MR) is 102 cm³/mol. The highest BCUT2D eigenvalue weighted by atomic mass is 16.2. The van der Waals surface area contributed by atoms with Crippen LogP contribution >= 0.6 is 0 Å². The van der Waals surface area contributed by atoms with Gasteiger partial charge in [-0.05, 0) is 6.42 Å². The average molecular weight is 348 g/mol. The predicted octanol–water partition coefficient (Wildman–Crippen LogP) is 3.35. The molecule has 0 aliphatic heterocycles. The van der Waals surface area contributed by atoms with E-state index >= 15 is 0 Å². The molecule has 0 fully saturated rings. The van der Waals surface area contributed by atoms with Crippen molar-refractivity contribution in [1.29, 1.82) is 0 Å². The van der Waals surface area contributed by atoms with Crippen molar-refractivity contribution >= 4 is 11.2 Å². The summed E-state index contributed by atoms with van der Waals surface area (Å²) in [6.45, 7) is 2.73. The fraction of sp³-hybridized carbons (Fsp3) is 0.737. The van der Waals surface area contributed by atoms with E-state index in [1.165, 1.54) is 60.5 Å². The summed E-state index contributed by atoms with van der Waals surface area (Å²) < 4.78 is 4.51. The lowest BCUT2D eigenvalue weighted by Gasteiger charge is -2.08. The largest absolute Gasteiger partial charge is 0.332 e. The van der Waals surface area contributed by atoms with E-state index in [0.717, 1.165) is 12.8 Å². The summed E-state index contributed by atoms with van der Waals surface area (Å²) in [5.74, 6) is 0. The lowest BCUT2D eigenvalue weighted by molar-refractivity contribution is 0.515. The lowest BCUT2D eigenvalue weighted by atomic mass is 10.1. The minimum Gasteiger partial charge on any atom is -0.328 e. The van der Waals surface area contributed by atoms with Crippen molar-refractivity contribution in [1.82, 2.24) is 18.7 Å². The molecule has 0 radical (unpaired) electrons. The van der Waals surface area contributed by atoms with Crippen molar-refractivity contribution in [3.63, 3.8) is 0 Å². The third-order valence-corrected chi connectivity index (χ3v) is 4.94. The zero-order valence-corrected chi connectivity index (χ0v) is 16.0. The molecular formula is C19H32N4O2. The Bertz CT molecular complexity index is 785. The third kappa shape index (κ3) is 4.83. The fourth-order valence-electron chi connectivity index (χ4n) is 3.35. The first kappa shape index (κ1) is 19.5. The van der Waals surface area contributed by atoms with Gasteiger partial charge in [-0.15, -0.1) is 0 Å². The topological polar surface area (TPSA) is 61.8 Å². The van der Waals surface area contributed by atoms with Gasteiger partial charge in [-0.3, -0.25) is 13.9 Å². The first-order chi connectivity index (χ1) is 12.1. The molecular weight excluding hydrogens is 316 g/mol. The summed E-state index contributed by atoms with van der Waals surface area (Å²) in [7, 11) is 3.46. The van der Waals surface area contributed by atoms with Gasteiger partial charge in [0.1, 0.15) is 0 Å². The molecule has 0 aliphatic carbocycles. The standard InChI is InChI=1S/C19H32N4O2/c1-4-5-6-7-8-9-10-11-12-13-14-23-18(24)16-17(20-15-21(16)2)22(3)19(23)25/h15H,4-14H2,1-3H3. The van der Waals surface area contributed by atoms with E-state index in [9.17, 15) is 9.59 Å². The maximum atomic E-state index is 12.6. The van der Waals surface area contributed by atoms with E-state index in [-0.39, 0.29) is 11.2 Å². The zero-order chi connectivity index (χ0) is 18.2.